The SMILES string of the molecule is CC1(C)CC(=O)C2=C(C1)c1c(ccc3ccccc13)N[C@@H]2c1cccc(OCc2ccccc2F)c1. The van der Waals surface area contributed by atoms with Crippen molar-refractivity contribution in [2.45, 2.75) is 39.3 Å². The molecule has 2 aliphatic rings. The van der Waals surface area contributed by atoms with E-state index >= 15 is 0 Å². The Morgan fingerprint density at radius 2 is 1.75 bits per heavy atom. The van der Waals surface area contributed by atoms with Crippen LogP contribution >= 0.6 is 0 Å². The molecule has 4 heteroatoms. The molecule has 36 heavy (non-hydrogen) atoms. The van der Waals surface area contributed by atoms with Crippen LogP contribution in [-0.4, -0.2) is 5.78 Å². The maximum atomic E-state index is 14.1. The number of carbonyl (C=O) groups excluding carboxylic acids is 1. The Morgan fingerprint density at radius 1 is 0.944 bits per heavy atom. The summed E-state index contributed by atoms with van der Waals surface area (Å²) in [7, 11) is 0. The summed E-state index contributed by atoms with van der Waals surface area (Å²) in [5, 5.41) is 6.01. The third kappa shape index (κ3) is 3.97. The van der Waals surface area contributed by atoms with Crippen LogP contribution in [0.3, 0.4) is 0 Å². The molecule has 4 aromatic carbocycles. The van der Waals surface area contributed by atoms with E-state index in [1.165, 1.54) is 16.8 Å². The molecule has 0 radical (unpaired) electrons. The zero-order chi connectivity index (χ0) is 24.9. The topological polar surface area (TPSA) is 38.3 Å². The molecule has 1 aliphatic carbocycles. The van der Waals surface area contributed by atoms with E-state index in [1.807, 2.05) is 30.3 Å². The van der Waals surface area contributed by atoms with Crippen LogP contribution in [0, 0.1) is 11.2 Å². The van der Waals surface area contributed by atoms with E-state index in [-0.39, 0.29) is 29.7 Å². The highest BCUT2D eigenvalue weighted by atomic mass is 19.1. The van der Waals surface area contributed by atoms with Gasteiger partial charge in [0.15, 0.2) is 5.78 Å². The second-order valence-electron chi connectivity index (χ2n) is 10.6. The minimum Gasteiger partial charge on any atom is -0.489 e. The Kier molecular flexibility index (Phi) is 5.40. The summed E-state index contributed by atoms with van der Waals surface area (Å²) < 4.78 is 20.0. The van der Waals surface area contributed by atoms with E-state index < -0.39 is 0 Å². The minimum absolute atomic E-state index is 0.100. The summed E-state index contributed by atoms with van der Waals surface area (Å²) in [4.78, 5) is 13.6. The molecule has 0 saturated carbocycles. The monoisotopic (exact) mass is 477 g/mol. The van der Waals surface area contributed by atoms with E-state index in [2.05, 4.69) is 49.5 Å². The molecule has 0 amide bonds. The second-order valence-corrected chi connectivity index (χ2v) is 10.6. The number of hydrogen-bond acceptors (Lipinski definition) is 3. The van der Waals surface area contributed by atoms with Gasteiger partial charge in [-0.05, 0) is 58.0 Å². The van der Waals surface area contributed by atoms with Gasteiger partial charge < -0.3 is 10.1 Å². The van der Waals surface area contributed by atoms with Crippen molar-refractivity contribution in [1.29, 1.82) is 0 Å². The van der Waals surface area contributed by atoms with Crippen LogP contribution in [0.5, 0.6) is 5.75 Å². The third-order valence-electron chi connectivity index (χ3n) is 7.28. The van der Waals surface area contributed by atoms with E-state index in [1.54, 1.807) is 18.2 Å². The molecule has 1 atom stereocenters. The fraction of sp³-hybridized carbons (Fsp3) is 0.219. The Bertz CT molecular complexity index is 1530. The lowest BCUT2D eigenvalue weighted by molar-refractivity contribution is -0.118. The molecular formula is C32H28FNO2. The molecule has 0 aromatic heterocycles. The van der Waals surface area contributed by atoms with Crippen LogP contribution in [0.4, 0.5) is 10.1 Å². The molecule has 0 bridgehead atoms. The van der Waals surface area contributed by atoms with Crippen molar-refractivity contribution in [3.63, 3.8) is 0 Å². The van der Waals surface area contributed by atoms with E-state index in [9.17, 15) is 9.18 Å². The van der Waals surface area contributed by atoms with Gasteiger partial charge in [0.05, 0.1) is 6.04 Å². The molecule has 1 heterocycles. The molecule has 0 saturated heterocycles. The van der Waals surface area contributed by atoms with Crippen molar-refractivity contribution in [2.24, 2.45) is 5.41 Å². The van der Waals surface area contributed by atoms with Gasteiger partial charge in [-0.15, -0.1) is 0 Å². The Labute approximate surface area is 210 Å². The van der Waals surface area contributed by atoms with Crippen LogP contribution in [0.1, 0.15) is 49.4 Å². The lowest BCUT2D eigenvalue weighted by atomic mass is 9.68. The summed E-state index contributed by atoms with van der Waals surface area (Å²) in [6.07, 6.45) is 1.37. The minimum atomic E-state index is -0.281. The highest BCUT2D eigenvalue weighted by Crippen LogP contribution is 2.52. The zero-order valence-electron chi connectivity index (χ0n) is 20.5. The summed E-state index contributed by atoms with van der Waals surface area (Å²) in [6, 6.07) is 26.8. The first-order chi connectivity index (χ1) is 17.4. The first kappa shape index (κ1) is 22.5. The molecule has 0 unspecified atom stereocenters. The number of nitrogens with one attached hydrogen (secondary N) is 1. The number of benzene rings is 4. The third-order valence-corrected chi connectivity index (χ3v) is 7.28. The largest absolute Gasteiger partial charge is 0.489 e. The van der Waals surface area contributed by atoms with Crippen molar-refractivity contribution in [2.75, 3.05) is 5.32 Å². The van der Waals surface area contributed by atoms with Gasteiger partial charge in [-0.25, -0.2) is 4.39 Å². The van der Waals surface area contributed by atoms with Crippen molar-refractivity contribution in [1.82, 2.24) is 0 Å². The average molecular weight is 478 g/mol. The molecule has 1 aliphatic heterocycles. The summed E-state index contributed by atoms with van der Waals surface area (Å²) in [6.45, 7) is 4.49. The Morgan fingerprint density at radius 3 is 2.61 bits per heavy atom. The normalized spacial score (nSPS) is 18.4. The van der Waals surface area contributed by atoms with Crippen molar-refractivity contribution in [3.8, 4) is 5.75 Å². The fourth-order valence-electron chi connectivity index (χ4n) is 5.65. The van der Waals surface area contributed by atoms with E-state index in [4.69, 9.17) is 4.74 Å². The molecule has 3 nitrogen and oxygen atoms in total. The quantitative estimate of drug-likeness (QED) is 0.325. The standard InChI is InChI=1S/C32H28FNO2/c1-32(2)17-25-29-24-12-5-3-8-20(24)14-15-27(29)34-31(30(25)28(35)18-32)21-10-7-11-23(16-21)36-19-22-9-4-6-13-26(22)33/h3-16,31,34H,17-19H2,1-2H3/t31-/m1/s1. The van der Waals surface area contributed by atoms with Gasteiger partial charge in [0, 0.05) is 28.8 Å². The first-order valence-corrected chi connectivity index (χ1v) is 12.4. The summed E-state index contributed by atoms with van der Waals surface area (Å²) in [5.41, 5.74) is 5.55. The van der Waals surface area contributed by atoms with Crippen molar-refractivity contribution < 1.29 is 13.9 Å². The van der Waals surface area contributed by atoms with Gasteiger partial charge in [0.1, 0.15) is 18.2 Å². The van der Waals surface area contributed by atoms with Crippen LogP contribution in [0.25, 0.3) is 16.3 Å². The predicted octanol–water partition coefficient (Wildman–Crippen LogP) is 7.87. The number of anilines is 1. The smallest absolute Gasteiger partial charge is 0.162 e. The van der Waals surface area contributed by atoms with Crippen molar-refractivity contribution in [3.05, 3.63) is 113 Å². The predicted molar refractivity (Wildman–Crippen MR) is 142 cm³/mol. The van der Waals surface area contributed by atoms with Gasteiger partial charge in [-0.2, -0.15) is 0 Å². The zero-order valence-corrected chi connectivity index (χ0v) is 20.5. The number of Topliss-reactive ketones (excluding diaryl/α,β-unsaturated/α-hetero) is 1. The number of rotatable bonds is 4. The van der Waals surface area contributed by atoms with Gasteiger partial charge >= 0.3 is 0 Å². The van der Waals surface area contributed by atoms with Crippen LogP contribution < -0.4 is 10.1 Å². The fourth-order valence-corrected chi connectivity index (χ4v) is 5.65. The van der Waals surface area contributed by atoms with Crippen LogP contribution in [0.15, 0.2) is 90.5 Å². The van der Waals surface area contributed by atoms with Gasteiger partial charge in [-0.1, -0.05) is 74.5 Å². The second kappa shape index (κ2) is 8.63. The number of ketones is 1. The highest BCUT2D eigenvalue weighted by Gasteiger charge is 2.40. The molecule has 6 rings (SSSR count). The number of allylic oxidation sites excluding steroid dienone is 1. The summed E-state index contributed by atoms with van der Waals surface area (Å²) in [5.74, 6) is 0.555. The number of fused-ring (bicyclic) bond motifs is 4. The maximum Gasteiger partial charge on any atom is 0.162 e. The number of ether oxygens (including phenoxy) is 1. The maximum absolute atomic E-state index is 14.1. The van der Waals surface area contributed by atoms with E-state index in [0.717, 1.165) is 34.4 Å². The summed E-state index contributed by atoms with van der Waals surface area (Å²) >= 11 is 0. The van der Waals surface area contributed by atoms with Crippen LogP contribution in [0.2, 0.25) is 0 Å². The van der Waals surface area contributed by atoms with Crippen LogP contribution in [-0.2, 0) is 11.4 Å². The average Bonchev–Trinajstić information content (AvgIpc) is 2.87. The molecule has 0 spiro atoms. The number of hydrogen-bond donors (Lipinski definition) is 1. The van der Waals surface area contributed by atoms with Gasteiger partial charge in [0.2, 0.25) is 0 Å². The molecular weight excluding hydrogens is 449 g/mol. The van der Waals surface area contributed by atoms with Gasteiger partial charge in [0.25, 0.3) is 0 Å². The first-order valence-electron chi connectivity index (χ1n) is 12.4. The van der Waals surface area contributed by atoms with E-state index in [0.29, 0.717) is 17.7 Å². The molecule has 0 fully saturated rings. The Hall–Kier alpha value is -3.92. The number of halogens is 1. The molecule has 180 valence electrons. The lowest BCUT2D eigenvalue weighted by Crippen LogP contribution is -2.33. The molecule has 4 aromatic rings. The number of carbonyl (C=O) groups is 1. The lowest BCUT2D eigenvalue weighted by Gasteiger charge is -2.40. The van der Waals surface area contributed by atoms with Crippen molar-refractivity contribution >= 4 is 27.8 Å². The molecule has 1 N–H and O–H groups in total. The van der Waals surface area contributed by atoms with Gasteiger partial charge in [-0.3, -0.25) is 4.79 Å². The highest BCUT2D eigenvalue weighted by molar-refractivity contribution is 6.12. The Balaban J connectivity index is 1.43.